The van der Waals surface area contributed by atoms with Crippen LogP contribution in [-0.4, -0.2) is 4.21 Å². The van der Waals surface area contributed by atoms with Crippen molar-refractivity contribution in [1.82, 2.24) is 0 Å². The second-order valence-corrected chi connectivity index (χ2v) is 4.10. The summed E-state index contributed by atoms with van der Waals surface area (Å²) in [6, 6.07) is 9.35. The van der Waals surface area contributed by atoms with Crippen LogP contribution < -0.4 is 0 Å². The number of rotatable bonds is 3. The first-order chi connectivity index (χ1) is 6.20. The lowest BCUT2D eigenvalue weighted by Crippen LogP contribution is -1.84. The number of allylic oxidation sites excluding steroid dienone is 2. The quantitative estimate of drug-likeness (QED) is 0.673. The van der Waals surface area contributed by atoms with E-state index >= 15 is 0 Å². The zero-order chi connectivity index (χ0) is 9.68. The molecule has 0 saturated heterocycles. The fourth-order valence-corrected chi connectivity index (χ4v) is 1.75. The molecule has 0 bridgehead atoms. The molecule has 68 valence electrons. The van der Waals surface area contributed by atoms with Crippen molar-refractivity contribution in [3.63, 3.8) is 0 Å². The van der Waals surface area contributed by atoms with E-state index in [4.69, 9.17) is 0 Å². The van der Waals surface area contributed by atoms with Crippen molar-refractivity contribution in [2.45, 2.75) is 11.8 Å². The van der Waals surface area contributed by atoms with Gasteiger partial charge in [0.25, 0.3) is 0 Å². The average Bonchev–Trinajstić information content (AvgIpc) is 2.15. The standard InChI is InChI=1S/C11H12OS/c1-10(2)8-9-13(12)11-6-4-3-5-7-11/h3-9H,1H2,2H3/b9-8-/t13-/m0/s1. The minimum Gasteiger partial charge on any atom is -0.250 e. The molecule has 0 aliphatic heterocycles. The molecule has 0 amide bonds. The molecule has 2 heteroatoms. The molecule has 0 aliphatic rings. The van der Waals surface area contributed by atoms with E-state index in [1.165, 1.54) is 0 Å². The predicted octanol–water partition coefficient (Wildman–Crippen LogP) is 2.88. The van der Waals surface area contributed by atoms with Gasteiger partial charge in [0.2, 0.25) is 0 Å². The second-order valence-electron chi connectivity index (χ2n) is 2.76. The van der Waals surface area contributed by atoms with Gasteiger partial charge in [0.15, 0.2) is 0 Å². The fraction of sp³-hybridized carbons (Fsp3) is 0.0909. The Morgan fingerprint density at radius 3 is 2.54 bits per heavy atom. The van der Waals surface area contributed by atoms with Crippen molar-refractivity contribution in [1.29, 1.82) is 0 Å². The Kier molecular flexibility index (Phi) is 3.65. The van der Waals surface area contributed by atoms with Gasteiger partial charge >= 0.3 is 0 Å². The molecule has 0 radical (unpaired) electrons. The molecular weight excluding hydrogens is 180 g/mol. The van der Waals surface area contributed by atoms with Crippen molar-refractivity contribution >= 4 is 10.8 Å². The number of hydrogen-bond donors (Lipinski definition) is 0. The Bertz CT molecular complexity index is 338. The van der Waals surface area contributed by atoms with Gasteiger partial charge in [0.05, 0.1) is 10.8 Å². The van der Waals surface area contributed by atoms with Gasteiger partial charge in [0, 0.05) is 10.3 Å². The molecule has 1 rings (SSSR count). The summed E-state index contributed by atoms with van der Waals surface area (Å²) in [5, 5.41) is 1.65. The predicted molar refractivity (Wildman–Crippen MR) is 56.8 cm³/mol. The van der Waals surface area contributed by atoms with E-state index in [0.29, 0.717) is 0 Å². The van der Waals surface area contributed by atoms with Crippen LogP contribution in [0.1, 0.15) is 6.92 Å². The van der Waals surface area contributed by atoms with E-state index in [2.05, 4.69) is 6.58 Å². The molecule has 0 N–H and O–H groups in total. The number of hydrogen-bond acceptors (Lipinski definition) is 1. The lowest BCUT2D eigenvalue weighted by Gasteiger charge is -1.94. The molecular formula is C11H12OS. The summed E-state index contributed by atoms with van der Waals surface area (Å²) in [5.74, 6) is 0. The SMILES string of the molecule is C=C(C)/C=C\[S@](=O)c1ccccc1. The monoisotopic (exact) mass is 192 g/mol. The molecule has 1 atom stereocenters. The summed E-state index contributed by atoms with van der Waals surface area (Å²) < 4.78 is 11.5. The van der Waals surface area contributed by atoms with Gasteiger partial charge in [-0.1, -0.05) is 36.4 Å². The maximum Gasteiger partial charge on any atom is 0.0776 e. The number of benzene rings is 1. The molecule has 13 heavy (non-hydrogen) atoms. The third-order valence-corrected chi connectivity index (χ3v) is 2.57. The summed E-state index contributed by atoms with van der Waals surface area (Å²) in [7, 11) is -1.05. The van der Waals surface area contributed by atoms with Crippen LogP contribution in [0.4, 0.5) is 0 Å². The first-order valence-corrected chi connectivity index (χ1v) is 5.21. The molecule has 1 aromatic rings. The van der Waals surface area contributed by atoms with Crippen LogP contribution in [0.25, 0.3) is 0 Å². The molecule has 0 spiro atoms. The molecule has 0 saturated carbocycles. The van der Waals surface area contributed by atoms with Crippen molar-refractivity contribution in [3.05, 3.63) is 54.0 Å². The molecule has 0 aromatic heterocycles. The van der Waals surface area contributed by atoms with Crippen molar-refractivity contribution < 1.29 is 4.21 Å². The summed E-state index contributed by atoms with van der Waals surface area (Å²) in [5.41, 5.74) is 0.907. The highest BCUT2D eigenvalue weighted by molar-refractivity contribution is 7.88. The van der Waals surface area contributed by atoms with Crippen LogP contribution in [0.3, 0.4) is 0 Å². The van der Waals surface area contributed by atoms with E-state index in [1.807, 2.05) is 37.3 Å². The van der Waals surface area contributed by atoms with E-state index in [9.17, 15) is 4.21 Å². The maximum atomic E-state index is 11.5. The third-order valence-electron chi connectivity index (χ3n) is 1.45. The minimum absolute atomic E-state index is 0.819. The zero-order valence-electron chi connectivity index (χ0n) is 7.57. The van der Waals surface area contributed by atoms with Crippen LogP contribution in [-0.2, 0) is 10.8 Å². The molecule has 0 fully saturated rings. The molecule has 0 heterocycles. The van der Waals surface area contributed by atoms with E-state index in [0.717, 1.165) is 10.5 Å². The van der Waals surface area contributed by atoms with Crippen LogP contribution in [0.2, 0.25) is 0 Å². The van der Waals surface area contributed by atoms with Crippen LogP contribution >= 0.6 is 0 Å². The lowest BCUT2D eigenvalue weighted by molar-refractivity contribution is 0.688. The largest absolute Gasteiger partial charge is 0.250 e. The lowest BCUT2D eigenvalue weighted by atomic mass is 10.4. The van der Waals surface area contributed by atoms with E-state index in [1.54, 1.807) is 11.5 Å². The molecule has 0 aliphatic carbocycles. The maximum absolute atomic E-state index is 11.5. The Balaban J connectivity index is 2.76. The first kappa shape index (κ1) is 9.93. The fourth-order valence-electron chi connectivity index (χ4n) is 0.811. The van der Waals surface area contributed by atoms with Gasteiger partial charge in [-0.2, -0.15) is 0 Å². The Labute approximate surface area is 81.3 Å². The van der Waals surface area contributed by atoms with Crippen LogP contribution in [0.5, 0.6) is 0 Å². The molecule has 1 aromatic carbocycles. The summed E-state index contributed by atoms with van der Waals surface area (Å²) in [6.45, 7) is 5.57. The highest BCUT2D eigenvalue weighted by Gasteiger charge is 1.95. The first-order valence-electron chi connectivity index (χ1n) is 3.99. The summed E-state index contributed by atoms with van der Waals surface area (Å²) >= 11 is 0. The Morgan fingerprint density at radius 2 is 2.00 bits per heavy atom. The zero-order valence-corrected chi connectivity index (χ0v) is 8.38. The van der Waals surface area contributed by atoms with Crippen LogP contribution in [0.15, 0.2) is 58.9 Å². The Hall–Kier alpha value is -1.15. The van der Waals surface area contributed by atoms with Gasteiger partial charge in [-0.15, -0.1) is 0 Å². The van der Waals surface area contributed by atoms with Gasteiger partial charge < -0.3 is 0 Å². The molecule has 0 unspecified atom stereocenters. The third kappa shape index (κ3) is 3.38. The van der Waals surface area contributed by atoms with Gasteiger partial charge in [0.1, 0.15) is 0 Å². The average molecular weight is 192 g/mol. The minimum atomic E-state index is -1.05. The highest BCUT2D eigenvalue weighted by atomic mass is 32.2. The van der Waals surface area contributed by atoms with Crippen molar-refractivity contribution in [2.24, 2.45) is 0 Å². The normalized spacial score (nSPS) is 13.0. The highest BCUT2D eigenvalue weighted by Crippen LogP contribution is 2.07. The Morgan fingerprint density at radius 1 is 1.38 bits per heavy atom. The second kappa shape index (κ2) is 4.77. The smallest absolute Gasteiger partial charge is 0.0776 e. The van der Waals surface area contributed by atoms with E-state index < -0.39 is 10.8 Å². The summed E-state index contributed by atoms with van der Waals surface area (Å²) in [6.07, 6.45) is 1.77. The van der Waals surface area contributed by atoms with E-state index in [-0.39, 0.29) is 0 Å². The van der Waals surface area contributed by atoms with Crippen molar-refractivity contribution in [3.8, 4) is 0 Å². The van der Waals surface area contributed by atoms with Crippen LogP contribution in [0, 0.1) is 0 Å². The molecule has 1 nitrogen and oxygen atoms in total. The van der Waals surface area contributed by atoms with Gasteiger partial charge in [-0.05, 0) is 19.1 Å². The topological polar surface area (TPSA) is 17.1 Å². The van der Waals surface area contributed by atoms with Gasteiger partial charge in [-0.3, -0.25) is 0 Å². The van der Waals surface area contributed by atoms with Gasteiger partial charge in [-0.25, -0.2) is 4.21 Å². The van der Waals surface area contributed by atoms with Crippen molar-refractivity contribution in [2.75, 3.05) is 0 Å². The summed E-state index contributed by atoms with van der Waals surface area (Å²) in [4.78, 5) is 0.819.